The average molecular weight is 267 g/mol. The lowest BCUT2D eigenvalue weighted by Gasteiger charge is -2.12. The van der Waals surface area contributed by atoms with Crippen LogP contribution in [0.25, 0.3) is 0 Å². The maximum atomic E-state index is 10.7. The maximum absolute atomic E-state index is 10.7. The van der Waals surface area contributed by atoms with Crippen molar-refractivity contribution in [1.82, 2.24) is 0 Å². The van der Waals surface area contributed by atoms with Gasteiger partial charge in [0.2, 0.25) is 0 Å². The van der Waals surface area contributed by atoms with Gasteiger partial charge in [0.1, 0.15) is 0 Å². The van der Waals surface area contributed by atoms with Gasteiger partial charge in [0.05, 0.1) is 5.69 Å². The Morgan fingerprint density at radius 2 is 1.89 bits per heavy atom. The van der Waals surface area contributed by atoms with Crippen molar-refractivity contribution in [2.45, 2.75) is 25.7 Å². The Kier molecular flexibility index (Phi) is 3.66. The van der Waals surface area contributed by atoms with Crippen LogP contribution in [0.3, 0.4) is 0 Å². The Labute approximate surface area is 108 Å². The van der Waals surface area contributed by atoms with Gasteiger partial charge in [-0.05, 0) is 31.2 Å². The highest BCUT2D eigenvalue weighted by Gasteiger charge is 2.18. The first-order valence-corrected chi connectivity index (χ1v) is 6.50. The van der Waals surface area contributed by atoms with Gasteiger partial charge < -0.3 is 15.5 Å². The monoisotopic (exact) mass is 267 g/mol. The van der Waals surface area contributed by atoms with Gasteiger partial charge in [-0.1, -0.05) is 0 Å². The first kappa shape index (κ1) is 12.6. The van der Waals surface area contributed by atoms with E-state index in [-0.39, 0.29) is 0 Å². The highest BCUT2D eigenvalue weighted by Crippen LogP contribution is 2.33. The number of carboxylic acid groups (broad SMARTS) is 2. The molecule has 1 heterocycles. The molecule has 5 nitrogen and oxygen atoms in total. The Balaban J connectivity index is 2.19. The SMILES string of the molecule is O=C(O)C(=CNc1csc2c1CCCC2)C(=O)O. The van der Waals surface area contributed by atoms with E-state index in [2.05, 4.69) is 5.32 Å². The van der Waals surface area contributed by atoms with Crippen LogP contribution in [-0.2, 0) is 22.4 Å². The summed E-state index contributed by atoms with van der Waals surface area (Å²) in [6, 6.07) is 0. The van der Waals surface area contributed by atoms with Gasteiger partial charge in [0, 0.05) is 16.5 Å². The van der Waals surface area contributed by atoms with Crippen LogP contribution in [-0.4, -0.2) is 22.2 Å². The van der Waals surface area contributed by atoms with E-state index in [1.165, 1.54) is 16.9 Å². The lowest BCUT2D eigenvalue weighted by Crippen LogP contribution is -2.13. The number of anilines is 1. The molecular weight excluding hydrogens is 254 g/mol. The van der Waals surface area contributed by atoms with E-state index in [9.17, 15) is 9.59 Å². The molecule has 0 aliphatic heterocycles. The molecule has 0 radical (unpaired) electrons. The van der Waals surface area contributed by atoms with Crippen LogP contribution in [0.5, 0.6) is 0 Å². The number of rotatable bonds is 4. The summed E-state index contributed by atoms with van der Waals surface area (Å²) in [4.78, 5) is 22.7. The van der Waals surface area contributed by atoms with E-state index in [4.69, 9.17) is 10.2 Å². The van der Waals surface area contributed by atoms with Crippen LogP contribution in [0.1, 0.15) is 23.3 Å². The minimum absolute atomic E-state index is 0.661. The van der Waals surface area contributed by atoms with Crippen LogP contribution in [0.15, 0.2) is 17.2 Å². The highest BCUT2D eigenvalue weighted by atomic mass is 32.1. The van der Waals surface area contributed by atoms with Gasteiger partial charge >= 0.3 is 11.9 Å². The lowest BCUT2D eigenvalue weighted by molar-refractivity contribution is -0.140. The molecular formula is C12H13NO4S. The van der Waals surface area contributed by atoms with Gasteiger partial charge in [-0.2, -0.15) is 0 Å². The molecule has 18 heavy (non-hydrogen) atoms. The zero-order chi connectivity index (χ0) is 13.1. The molecule has 0 amide bonds. The maximum Gasteiger partial charge on any atom is 0.344 e. The summed E-state index contributed by atoms with van der Waals surface area (Å²) in [6.45, 7) is 0. The zero-order valence-corrected chi connectivity index (χ0v) is 10.4. The van der Waals surface area contributed by atoms with E-state index < -0.39 is 17.5 Å². The first-order chi connectivity index (χ1) is 8.59. The molecule has 0 spiro atoms. The molecule has 1 aliphatic rings. The molecule has 0 bridgehead atoms. The van der Waals surface area contributed by atoms with Crippen molar-refractivity contribution in [1.29, 1.82) is 0 Å². The van der Waals surface area contributed by atoms with Crippen molar-refractivity contribution in [3.8, 4) is 0 Å². The average Bonchev–Trinajstić information content (AvgIpc) is 2.72. The number of fused-ring (bicyclic) bond motifs is 1. The Morgan fingerprint density at radius 1 is 1.22 bits per heavy atom. The van der Waals surface area contributed by atoms with Crippen LogP contribution >= 0.6 is 11.3 Å². The zero-order valence-electron chi connectivity index (χ0n) is 9.60. The summed E-state index contributed by atoms with van der Waals surface area (Å²) in [6.07, 6.45) is 5.35. The van der Waals surface area contributed by atoms with Crippen LogP contribution in [0, 0.1) is 0 Å². The number of nitrogens with one attached hydrogen (secondary N) is 1. The summed E-state index contributed by atoms with van der Waals surface area (Å²) in [5.74, 6) is -2.89. The summed E-state index contributed by atoms with van der Waals surface area (Å²) < 4.78 is 0. The predicted molar refractivity (Wildman–Crippen MR) is 67.9 cm³/mol. The molecule has 96 valence electrons. The van der Waals surface area contributed by atoms with Crippen LogP contribution in [0.2, 0.25) is 0 Å². The molecule has 1 aliphatic carbocycles. The molecule has 0 saturated heterocycles. The molecule has 0 atom stereocenters. The second-order valence-corrected chi connectivity index (χ2v) is 5.04. The van der Waals surface area contributed by atoms with E-state index in [0.717, 1.165) is 31.1 Å². The third-order valence-corrected chi connectivity index (χ3v) is 3.98. The fraction of sp³-hybridized carbons (Fsp3) is 0.333. The van der Waals surface area contributed by atoms with Gasteiger partial charge in [0.25, 0.3) is 0 Å². The summed E-state index contributed by atoms with van der Waals surface area (Å²) in [5.41, 5.74) is 1.36. The topological polar surface area (TPSA) is 86.6 Å². The molecule has 1 aromatic heterocycles. The van der Waals surface area contributed by atoms with Crippen molar-refractivity contribution in [3.63, 3.8) is 0 Å². The Hall–Kier alpha value is -1.82. The van der Waals surface area contributed by atoms with E-state index in [0.29, 0.717) is 0 Å². The van der Waals surface area contributed by atoms with Crippen LogP contribution < -0.4 is 5.32 Å². The molecule has 6 heteroatoms. The predicted octanol–water partition coefficient (Wildman–Crippen LogP) is 2.09. The van der Waals surface area contributed by atoms with Gasteiger partial charge in [-0.25, -0.2) is 9.59 Å². The molecule has 0 saturated carbocycles. The molecule has 0 aromatic carbocycles. The summed E-state index contributed by atoms with van der Waals surface area (Å²) in [5, 5.41) is 22.2. The number of carboxylic acids is 2. The summed E-state index contributed by atoms with van der Waals surface area (Å²) >= 11 is 1.63. The van der Waals surface area contributed by atoms with Crippen molar-refractivity contribution >= 4 is 29.0 Å². The highest BCUT2D eigenvalue weighted by molar-refractivity contribution is 7.10. The second kappa shape index (κ2) is 5.22. The third-order valence-electron chi connectivity index (χ3n) is 2.89. The van der Waals surface area contributed by atoms with Gasteiger partial charge in [-0.15, -0.1) is 11.3 Å². The summed E-state index contributed by atoms with van der Waals surface area (Å²) in [7, 11) is 0. The van der Waals surface area contributed by atoms with E-state index in [1.54, 1.807) is 11.3 Å². The lowest BCUT2D eigenvalue weighted by atomic mass is 9.98. The Morgan fingerprint density at radius 3 is 2.56 bits per heavy atom. The number of aliphatic carboxylic acids is 2. The fourth-order valence-corrected chi connectivity index (χ4v) is 3.07. The largest absolute Gasteiger partial charge is 0.477 e. The number of hydrogen-bond donors (Lipinski definition) is 3. The number of hydrogen-bond acceptors (Lipinski definition) is 4. The minimum Gasteiger partial charge on any atom is -0.477 e. The van der Waals surface area contributed by atoms with Crippen molar-refractivity contribution in [3.05, 3.63) is 27.6 Å². The Bertz CT molecular complexity index is 502. The van der Waals surface area contributed by atoms with Crippen LogP contribution in [0.4, 0.5) is 5.69 Å². The molecule has 0 fully saturated rings. The van der Waals surface area contributed by atoms with Crippen molar-refractivity contribution < 1.29 is 19.8 Å². The quantitative estimate of drug-likeness (QED) is 0.442. The van der Waals surface area contributed by atoms with Crippen molar-refractivity contribution in [2.75, 3.05) is 5.32 Å². The molecule has 0 unspecified atom stereocenters. The van der Waals surface area contributed by atoms with E-state index in [1.807, 2.05) is 5.38 Å². The number of thiophene rings is 1. The second-order valence-electron chi connectivity index (χ2n) is 4.07. The molecule has 1 aromatic rings. The van der Waals surface area contributed by atoms with Gasteiger partial charge in [0.15, 0.2) is 5.57 Å². The normalized spacial score (nSPS) is 13.6. The number of carbonyl (C=O) groups is 2. The fourth-order valence-electron chi connectivity index (χ4n) is 1.98. The molecule has 3 N–H and O–H groups in total. The minimum atomic E-state index is -1.45. The molecule has 2 rings (SSSR count). The van der Waals surface area contributed by atoms with Gasteiger partial charge in [-0.3, -0.25) is 0 Å². The van der Waals surface area contributed by atoms with Crippen molar-refractivity contribution in [2.24, 2.45) is 0 Å². The van der Waals surface area contributed by atoms with E-state index >= 15 is 0 Å². The smallest absolute Gasteiger partial charge is 0.344 e. The number of aryl methyl sites for hydroxylation is 1. The standard InChI is InChI=1S/C12H13NO4S/c14-11(15)8(12(16)17)5-13-9-6-18-10-4-2-1-3-7(9)10/h5-6,13H,1-4H2,(H,14,15)(H,16,17). The third kappa shape index (κ3) is 2.53. The first-order valence-electron chi connectivity index (χ1n) is 5.62.